The van der Waals surface area contributed by atoms with Crippen LogP contribution >= 0.6 is 0 Å². The molecule has 5 nitrogen and oxygen atoms in total. The zero-order valence-electron chi connectivity index (χ0n) is 9.01. The van der Waals surface area contributed by atoms with Crippen LogP contribution in [0.5, 0.6) is 0 Å². The number of aromatic nitrogens is 2. The van der Waals surface area contributed by atoms with Crippen LogP contribution < -0.4 is 5.73 Å². The summed E-state index contributed by atoms with van der Waals surface area (Å²) in [4.78, 5) is 8.48. The van der Waals surface area contributed by atoms with E-state index in [2.05, 4.69) is 9.97 Å². The summed E-state index contributed by atoms with van der Waals surface area (Å²) in [5, 5.41) is 14.5. The maximum absolute atomic E-state index is 7.33. The Bertz CT molecular complexity index is 577. The van der Waals surface area contributed by atoms with E-state index in [0.29, 0.717) is 22.8 Å². The van der Waals surface area contributed by atoms with Crippen LogP contribution in [0.2, 0.25) is 0 Å². The smallest absolute Gasteiger partial charge is 0.141 e. The van der Waals surface area contributed by atoms with E-state index in [1.807, 2.05) is 6.07 Å². The highest BCUT2D eigenvalue weighted by Gasteiger charge is 2.04. The second kappa shape index (κ2) is 4.52. The van der Waals surface area contributed by atoms with E-state index in [1.165, 1.54) is 6.21 Å². The fourth-order valence-electron chi connectivity index (χ4n) is 1.40. The Balaban J connectivity index is 2.48. The number of amidine groups is 1. The lowest BCUT2D eigenvalue weighted by Gasteiger charge is -2.03. The first kappa shape index (κ1) is 10.9. The summed E-state index contributed by atoms with van der Waals surface area (Å²) in [6.45, 7) is 0. The number of nitrogen functional groups attached to an aromatic ring is 1. The zero-order valence-corrected chi connectivity index (χ0v) is 9.01. The summed E-state index contributed by atoms with van der Waals surface area (Å²) in [7, 11) is 0. The summed E-state index contributed by atoms with van der Waals surface area (Å²) >= 11 is 0. The molecular formula is C12H11N5. The molecule has 2 aromatic rings. The summed E-state index contributed by atoms with van der Waals surface area (Å²) in [6, 6.07) is 10.6. The standard InChI is InChI=1S/C12H11N5/c13-7-8-3-1-4-9(16-8)10-5-2-6-11(17-10)12(14)15/h1-7,13H,(H3,14,15). The van der Waals surface area contributed by atoms with Gasteiger partial charge < -0.3 is 11.1 Å². The molecule has 0 amide bonds. The first-order valence-electron chi connectivity index (χ1n) is 5.00. The van der Waals surface area contributed by atoms with Crippen LogP contribution in [-0.2, 0) is 0 Å². The average Bonchev–Trinajstić information content (AvgIpc) is 2.39. The molecule has 2 rings (SSSR count). The van der Waals surface area contributed by atoms with Crippen LogP contribution in [0.15, 0.2) is 36.4 Å². The molecule has 5 heteroatoms. The summed E-state index contributed by atoms with van der Waals surface area (Å²) in [5.41, 5.74) is 7.67. The van der Waals surface area contributed by atoms with Crippen molar-refractivity contribution in [2.75, 3.05) is 0 Å². The van der Waals surface area contributed by atoms with Crippen LogP contribution in [0.1, 0.15) is 11.4 Å². The molecule has 84 valence electrons. The third-order valence-electron chi connectivity index (χ3n) is 2.21. The molecule has 0 fully saturated rings. The molecule has 0 spiro atoms. The van der Waals surface area contributed by atoms with Crippen molar-refractivity contribution in [1.29, 1.82) is 10.8 Å². The van der Waals surface area contributed by atoms with E-state index in [0.717, 1.165) is 0 Å². The molecule has 0 aliphatic rings. The molecule has 0 saturated carbocycles. The van der Waals surface area contributed by atoms with Crippen molar-refractivity contribution in [3.05, 3.63) is 47.8 Å². The van der Waals surface area contributed by atoms with Crippen molar-refractivity contribution in [3.8, 4) is 11.4 Å². The third-order valence-corrected chi connectivity index (χ3v) is 2.21. The zero-order chi connectivity index (χ0) is 12.3. The maximum atomic E-state index is 7.33. The van der Waals surface area contributed by atoms with Crippen molar-refractivity contribution in [2.24, 2.45) is 5.73 Å². The van der Waals surface area contributed by atoms with Crippen LogP contribution in [0.25, 0.3) is 11.4 Å². The predicted octanol–water partition coefficient (Wildman–Crippen LogP) is 1.43. The average molecular weight is 225 g/mol. The van der Waals surface area contributed by atoms with Crippen LogP contribution in [0, 0.1) is 10.8 Å². The summed E-state index contributed by atoms with van der Waals surface area (Å²) in [6.07, 6.45) is 1.18. The third kappa shape index (κ3) is 2.34. The second-order valence-electron chi connectivity index (χ2n) is 3.41. The normalized spacial score (nSPS) is 9.88. The Hall–Kier alpha value is -2.56. The largest absolute Gasteiger partial charge is 0.382 e. The van der Waals surface area contributed by atoms with Crippen LogP contribution in [0.4, 0.5) is 0 Å². The Morgan fingerprint density at radius 3 is 2.35 bits per heavy atom. The van der Waals surface area contributed by atoms with Crippen molar-refractivity contribution in [1.82, 2.24) is 9.97 Å². The fourth-order valence-corrected chi connectivity index (χ4v) is 1.40. The quantitative estimate of drug-likeness (QED) is 0.544. The molecule has 0 aromatic carbocycles. The van der Waals surface area contributed by atoms with E-state index in [4.69, 9.17) is 16.6 Å². The molecular weight excluding hydrogens is 214 g/mol. The van der Waals surface area contributed by atoms with Crippen LogP contribution in [-0.4, -0.2) is 22.0 Å². The van der Waals surface area contributed by atoms with E-state index < -0.39 is 0 Å². The minimum atomic E-state index is -0.0740. The number of pyridine rings is 2. The van der Waals surface area contributed by atoms with E-state index in [1.54, 1.807) is 30.3 Å². The number of nitrogens with two attached hydrogens (primary N) is 1. The molecule has 0 aliphatic carbocycles. The van der Waals surface area contributed by atoms with Gasteiger partial charge in [0, 0.05) is 6.21 Å². The van der Waals surface area contributed by atoms with Crippen molar-refractivity contribution < 1.29 is 0 Å². The summed E-state index contributed by atoms with van der Waals surface area (Å²) < 4.78 is 0. The molecule has 0 bridgehead atoms. The van der Waals surface area contributed by atoms with Gasteiger partial charge >= 0.3 is 0 Å². The van der Waals surface area contributed by atoms with Gasteiger partial charge in [-0.1, -0.05) is 12.1 Å². The van der Waals surface area contributed by atoms with Crippen molar-refractivity contribution in [3.63, 3.8) is 0 Å². The van der Waals surface area contributed by atoms with Gasteiger partial charge in [-0.25, -0.2) is 9.97 Å². The minimum absolute atomic E-state index is 0.0740. The topological polar surface area (TPSA) is 99.5 Å². The Kier molecular flexibility index (Phi) is 2.91. The lowest BCUT2D eigenvalue weighted by Crippen LogP contribution is -2.13. The molecule has 0 unspecified atom stereocenters. The molecule has 17 heavy (non-hydrogen) atoms. The fraction of sp³-hybridized carbons (Fsp3) is 0. The van der Waals surface area contributed by atoms with Crippen molar-refractivity contribution >= 4 is 12.1 Å². The molecule has 2 heterocycles. The van der Waals surface area contributed by atoms with Gasteiger partial charge in [-0.05, 0) is 24.3 Å². The number of rotatable bonds is 3. The van der Waals surface area contributed by atoms with Crippen LogP contribution in [0.3, 0.4) is 0 Å². The number of nitrogens with one attached hydrogen (secondary N) is 2. The minimum Gasteiger partial charge on any atom is -0.382 e. The molecule has 0 radical (unpaired) electrons. The lowest BCUT2D eigenvalue weighted by molar-refractivity contribution is 1.21. The molecule has 0 saturated heterocycles. The van der Waals surface area contributed by atoms with Gasteiger partial charge in [0.2, 0.25) is 0 Å². The number of hydrogen-bond acceptors (Lipinski definition) is 4. The highest BCUT2D eigenvalue weighted by Crippen LogP contribution is 2.14. The van der Waals surface area contributed by atoms with E-state index >= 15 is 0 Å². The van der Waals surface area contributed by atoms with E-state index in [-0.39, 0.29) is 5.84 Å². The van der Waals surface area contributed by atoms with Gasteiger partial charge in [-0.2, -0.15) is 0 Å². The predicted molar refractivity (Wildman–Crippen MR) is 66.4 cm³/mol. The van der Waals surface area contributed by atoms with Gasteiger partial charge in [0.05, 0.1) is 17.1 Å². The van der Waals surface area contributed by atoms with Gasteiger partial charge in [-0.15, -0.1) is 0 Å². The molecule has 0 aliphatic heterocycles. The van der Waals surface area contributed by atoms with Crippen molar-refractivity contribution in [2.45, 2.75) is 0 Å². The SMILES string of the molecule is N=Cc1cccc(-c2cccc(C(=N)N)n2)n1. The highest BCUT2D eigenvalue weighted by molar-refractivity contribution is 5.93. The first-order valence-corrected chi connectivity index (χ1v) is 5.00. The molecule has 2 aromatic heterocycles. The molecule has 0 atom stereocenters. The van der Waals surface area contributed by atoms with E-state index in [9.17, 15) is 0 Å². The van der Waals surface area contributed by atoms with Gasteiger partial charge in [-0.3, -0.25) is 5.41 Å². The maximum Gasteiger partial charge on any atom is 0.141 e. The first-order chi connectivity index (χ1) is 8.20. The van der Waals surface area contributed by atoms with Gasteiger partial charge in [0.1, 0.15) is 11.5 Å². The van der Waals surface area contributed by atoms with Gasteiger partial charge in [0.25, 0.3) is 0 Å². The highest BCUT2D eigenvalue weighted by atomic mass is 14.8. The summed E-state index contributed by atoms with van der Waals surface area (Å²) in [5.74, 6) is -0.0740. The number of nitrogens with zero attached hydrogens (tertiary/aromatic N) is 2. The monoisotopic (exact) mass is 225 g/mol. The Labute approximate surface area is 98.4 Å². The Morgan fingerprint density at radius 2 is 1.71 bits per heavy atom. The van der Waals surface area contributed by atoms with Gasteiger partial charge in [0.15, 0.2) is 0 Å². The number of hydrogen-bond donors (Lipinski definition) is 3. The lowest BCUT2D eigenvalue weighted by atomic mass is 10.2. The molecule has 4 N–H and O–H groups in total. The second-order valence-corrected chi connectivity index (χ2v) is 3.41. The Morgan fingerprint density at radius 1 is 1.06 bits per heavy atom.